The molecule has 2 aromatic carbocycles. The Kier molecular flexibility index (Phi) is 6.84. The molecule has 14 heteroatoms. The van der Waals surface area contributed by atoms with Gasteiger partial charge in [0.25, 0.3) is 5.91 Å². The second-order valence-electron chi connectivity index (χ2n) is 6.73. The van der Waals surface area contributed by atoms with Crippen LogP contribution in [0.1, 0.15) is 10.4 Å². The topological polar surface area (TPSA) is 159 Å². The Balaban J connectivity index is 1.39. The molecule has 2 heterocycles. The van der Waals surface area contributed by atoms with E-state index >= 15 is 0 Å². The fourth-order valence-corrected chi connectivity index (χ4v) is 3.07. The summed E-state index contributed by atoms with van der Waals surface area (Å²) in [4.78, 5) is 41.1. The first kappa shape index (κ1) is 22.5. The zero-order valence-electron chi connectivity index (χ0n) is 17.3. The Morgan fingerprint density at radius 2 is 1.82 bits per heavy atom. The minimum absolute atomic E-state index is 0.0754. The second kappa shape index (κ2) is 10.3. The van der Waals surface area contributed by atoms with Gasteiger partial charge in [0.15, 0.2) is 6.61 Å². The lowest BCUT2D eigenvalue weighted by molar-refractivity contribution is -0.119. The molecule has 0 saturated heterocycles. The molecule has 0 fully saturated rings. The molecule has 0 unspecified atom stereocenters. The summed E-state index contributed by atoms with van der Waals surface area (Å²) in [5.41, 5.74) is 1.17. The number of rotatable bonds is 8. The van der Waals surface area contributed by atoms with Gasteiger partial charge >= 0.3 is 5.97 Å². The van der Waals surface area contributed by atoms with Crippen LogP contribution in [0.5, 0.6) is 0 Å². The lowest BCUT2D eigenvalue weighted by Crippen LogP contribution is -2.23. The highest BCUT2D eigenvalue weighted by molar-refractivity contribution is 6.31. The number of para-hydroxylation sites is 1. The van der Waals surface area contributed by atoms with Gasteiger partial charge in [-0.3, -0.25) is 9.59 Å². The first-order chi connectivity index (χ1) is 16.5. The van der Waals surface area contributed by atoms with Crippen molar-refractivity contribution in [3.63, 3.8) is 0 Å². The summed E-state index contributed by atoms with van der Waals surface area (Å²) in [7, 11) is 0. The zero-order chi connectivity index (χ0) is 23.9. The third kappa shape index (κ3) is 5.58. The maximum absolute atomic E-state index is 12.6. The molecule has 172 valence electrons. The van der Waals surface area contributed by atoms with Crippen molar-refractivity contribution in [2.45, 2.75) is 6.54 Å². The van der Waals surface area contributed by atoms with Crippen molar-refractivity contribution in [3.8, 4) is 5.69 Å². The van der Waals surface area contributed by atoms with Crippen molar-refractivity contribution in [2.24, 2.45) is 0 Å². The number of hydrogen-bond donors (Lipinski definition) is 2. The van der Waals surface area contributed by atoms with Crippen molar-refractivity contribution >= 4 is 40.8 Å². The van der Waals surface area contributed by atoms with Crippen LogP contribution in [0.3, 0.4) is 0 Å². The summed E-state index contributed by atoms with van der Waals surface area (Å²) in [6, 6.07) is 11.1. The minimum Gasteiger partial charge on any atom is -0.452 e. The molecule has 0 saturated carbocycles. The van der Waals surface area contributed by atoms with E-state index in [-0.39, 0.29) is 17.8 Å². The van der Waals surface area contributed by atoms with E-state index in [2.05, 4.69) is 36.2 Å². The van der Waals surface area contributed by atoms with Gasteiger partial charge in [-0.1, -0.05) is 23.7 Å². The van der Waals surface area contributed by atoms with Crippen molar-refractivity contribution < 1.29 is 19.1 Å². The van der Waals surface area contributed by atoms with Gasteiger partial charge in [0.05, 0.1) is 22.6 Å². The molecule has 0 spiro atoms. The summed E-state index contributed by atoms with van der Waals surface area (Å²) in [5.74, 6) is -1.85. The predicted octanol–water partition coefficient (Wildman–Crippen LogP) is 1.34. The Hall–Kier alpha value is -4.65. The average molecular weight is 482 g/mol. The molecule has 2 N–H and O–H groups in total. The van der Waals surface area contributed by atoms with Crippen molar-refractivity contribution in [3.05, 3.63) is 72.0 Å². The van der Waals surface area contributed by atoms with Crippen LogP contribution in [-0.4, -0.2) is 59.4 Å². The molecule has 4 rings (SSSR count). The number of hydrogen-bond acceptors (Lipinski definition) is 9. The summed E-state index contributed by atoms with van der Waals surface area (Å²) in [6.07, 6.45) is 4.09. The third-order valence-corrected chi connectivity index (χ3v) is 4.59. The van der Waals surface area contributed by atoms with Crippen molar-refractivity contribution in [2.75, 3.05) is 17.2 Å². The number of esters is 1. The van der Waals surface area contributed by atoms with E-state index in [1.54, 1.807) is 24.3 Å². The Morgan fingerprint density at radius 1 is 1.00 bits per heavy atom. The van der Waals surface area contributed by atoms with Crippen LogP contribution in [-0.2, 0) is 20.9 Å². The number of anilines is 2. The van der Waals surface area contributed by atoms with Crippen molar-refractivity contribution in [1.29, 1.82) is 0 Å². The fourth-order valence-electron chi connectivity index (χ4n) is 2.90. The largest absolute Gasteiger partial charge is 0.452 e. The quantitative estimate of drug-likeness (QED) is 0.354. The van der Waals surface area contributed by atoms with Crippen LogP contribution >= 0.6 is 11.6 Å². The average Bonchev–Trinajstić information content (AvgIpc) is 3.52. The molecule has 34 heavy (non-hydrogen) atoms. The van der Waals surface area contributed by atoms with E-state index in [1.165, 1.54) is 46.5 Å². The molecule has 2 amide bonds. The van der Waals surface area contributed by atoms with Crippen LogP contribution in [0.15, 0.2) is 61.4 Å². The monoisotopic (exact) mass is 481 g/mol. The Bertz CT molecular complexity index is 1310. The molecule has 0 aliphatic heterocycles. The zero-order valence-corrected chi connectivity index (χ0v) is 18.1. The van der Waals surface area contributed by atoms with Crippen LogP contribution in [0.2, 0.25) is 5.02 Å². The maximum atomic E-state index is 12.6. The normalized spacial score (nSPS) is 10.5. The number of carbonyl (C=O) groups is 3. The van der Waals surface area contributed by atoms with Gasteiger partial charge < -0.3 is 15.4 Å². The van der Waals surface area contributed by atoms with Gasteiger partial charge in [-0.05, 0) is 40.8 Å². The molecular weight excluding hydrogens is 466 g/mol. The van der Waals surface area contributed by atoms with E-state index in [0.717, 1.165) is 0 Å². The highest BCUT2D eigenvalue weighted by atomic mass is 35.5. The number of halogens is 1. The highest BCUT2D eigenvalue weighted by Gasteiger charge is 2.17. The summed E-state index contributed by atoms with van der Waals surface area (Å²) < 4.78 is 7.82. The number of benzene rings is 2. The summed E-state index contributed by atoms with van der Waals surface area (Å²) >= 11 is 6.04. The van der Waals surface area contributed by atoms with Crippen LogP contribution < -0.4 is 10.6 Å². The Labute approximate surface area is 196 Å². The van der Waals surface area contributed by atoms with Crippen molar-refractivity contribution in [1.82, 2.24) is 35.0 Å². The number of carbonyl (C=O) groups excluding carboxylic acids is 3. The van der Waals surface area contributed by atoms with Gasteiger partial charge in [0.1, 0.15) is 25.5 Å². The molecule has 0 radical (unpaired) electrons. The molecule has 0 bridgehead atoms. The van der Waals surface area contributed by atoms with Gasteiger partial charge in [0, 0.05) is 5.02 Å². The highest BCUT2D eigenvalue weighted by Crippen LogP contribution is 2.24. The molecule has 0 aliphatic rings. The smallest absolute Gasteiger partial charge is 0.340 e. The predicted molar refractivity (Wildman–Crippen MR) is 118 cm³/mol. The van der Waals surface area contributed by atoms with E-state index < -0.39 is 24.4 Å². The molecule has 0 aliphatic carbocycles. The van der Waals surface area contributed by atoms with E-state index in [4.69, 9.17) is 16.3 Å². The molecule has 2 aromatic heterocycles. The number of tetrazole rings is 1. The summed E-state index contributed by atoms with van der Waals surface area (Å²) in [5, 5.41) is 20.2. The SMILES string of the molecule is O=C(Cn1cnnn1)Nc1ccccc1C(=O)OCC(=O)Nc1cc(Cl)ccc1-n1cncn1. The number of nitrogens with zero attached hydrogens (tertiary/aromatic N) is 7. The second-order valence-corrected chi connectivity index (χ2v) is 7.16. The van der Waals surface area contributed by atoms with Crippen LogP contribution in [0, 0.1) is 0 Å². The first-order valence-corrected chi connectivity index (χ1v) is 10.1. The number of amides is 2. The number of ether oxygens (including phenoxy) is 1. The molecule has 13 nitrogen and oxygen atoms in total. The van der Waals surface area contributed by atoms with Gasteiger partial charge in [-0.25, -0.2) is 19.1 Å². The maximum Gasteiger partial charge on any atom is 0.340 e. The van der Waals surface area contributed by atoms with Crippen LogP contribution in [0.4, 0.5) is 11.4 Å². The molecule has 0 atom stereocenters. The minimum atomic E-state index is -0.795. The fraction of sp³-hybridized carbons (Fsp3) is 0.100. The number of nitrogens with one attached hydrogen (secondary N) is 2. The Morgan fingerprint density at radius 3 is 2.59 bits per heavy atom. The standard InChI is InChI=1S/C20H16ClN9O4/c21-13-5-6-17(30-11-22-10-24-30)16(7-13)26-19(32)9-34-20(33)14-3-1-2-4-15(14)25-18(31)8-29-12-23-27-28-29/h1-7,10-12H,8-9H2,(H,25,31)(H,26,32). The number of aromatic nitrogens is 7. The van der Waals surface area contributed by atoms with E-state index in [1.807, 2.05) is 0 Å². The van der Waals surface area contributed by atoms with Gasteiger partial charge in [-0.2, -0.15) is 5.10 Å². The van der Waals surface area contributed by atoms with Gasteiger partial charge in [-0.15, -0.1) is 5.10 Å². The first-order valence-electron chi connectivity index (χ1n) is 9.71. The summed E-state index contributed by atoms with van der Waals surface area (Å²) in [6.45, 7) is -0.721. The third-order valence-electron chi connectivity index (χ3n) is 4.35. The van der Waals surface area contributed by atoms with Crippen LogP contribution in [0.25, 0.3) is 5.69 Å². The van der Waals surface area contributed by atoms with E-state index in [0.29, 0.717) is 16.4 Å². The van der Waals surface area contributed by atoms with Gasteiger partial charge in [0.2, 0.25) is 5.91 Å². The lowest BCUT2D eigenvalue weighted by Gasteiger charge is -2.13. The lowest BCUT2D eigenvalue weighted by atomic mass is 10.2. The molecule has 4 aromatic rings. The van der Waals surface area contributed by atoms with E-state index in [9.17, 15) is 14.4 Å². The molecular formula is C20H16ClN9O4.